The van der Waals surface area contributed by atoms with Crippen LogP contribution in [0.1, 0.15) is 30.7 Å². The van der Waals surface area contributed by atoms with E-state index in [-0.39, 0.29) is 0 Å². The number of nitrogens with one attached hydrogen (secondary N) is 1. The van der Waals surface area contributed by atoms with Crippen LogP contribution in [0.2, 0.25) is 0 Å². The van der Waals surface area contributed by atoms with Gasteiger partial charge >= 0.3 is 0 Å². The van der Waals surface area contributed by atoms with Gasteiger partial charge in [-0.1, -0.05) is 42.5 Å². The Balaban J connectivity index is 1.73. The fourth-order valence-corrected chi connectivity index (χ4v) is 4.87. The molecule has 0 radical (unpaired) electrons. The summed E-state index contributed by atoms with van der Waals surface area (Å²) in [7, 11) is 2.10. The van der Waals surface area contributed by atoms with Crippen molar-refractivity contribution in [3.8, 4) is 0 Å². The molecule has 104 valence electrons. The molecule has 0 amide bonds. The number of rotatable bonds is 3. The van der Waals surface area contributed by atoms with Crippen LogP contribution in [0.25, 0.3) is 10.8 Å². The molecule has 0 unspecified atom stereocenters. The van der Waals surface area contributed by atoms with E-state index in [0.29, 0.717) is 0 Å². The molecule has 20 heavy (non-hydrogen) atoms. The lowest BCUT2D eigenvalue weighted by Gasteiger charge is -2.31. The lowest BCUT2D eigenvalue weighted by molar-refractivity contribution is 0.282. The molecule has 2 aromatic rings. The molecule has 1 N–H and O–H groups in total. The molecule has 0 heterocycles. The van der Waals surface area contributed by atoms with Gasteiger partial charge in [0.05, 0.1) is 0 Å². The van der Waals surface area contributed by atoms with Crippen molar-refractivity contribution in [1.29, 1.82) is 0 Å². The minimum absolute atomic E-state index is 0.783. The Bertz CT molecular complexity index is 618. The second kappa shape index (κ2) is 4.89. The van der Waals surface area contributed by atoms with Gasteiger partial charge in [0.25, 0.3) is 0 Å². The third-order valence-corrected chi connectivity index (χ3v) is 5.69. The SMILES string of the molecule is CNC[C@@H]1[C@@H]2CC[C@@H](C2)[C@H]1c1ccc2ccccc2c1. The Morgan fingerprint density at radius 2 is 1.80 bits per heavy atom. The number of fused-ring (bicyclic) bond motifs is 3. The molecular weight excluding hydrogens is 242 g/mol. The first-order chi connectivity index (χ1) is 9.86. The summed E-state index contributed by atoms with van der Waals surface area (Å²) in [5.41, 5.74) is 1.58. The largest absolute Gasteiger partial charge is 0.319 e. The Labute approximate surface area is 121 Å². The first-order valence-electron chi connectivity index (χ1n) is 8.00. The van der Waals surface area contributed by atoms with Gasteiger partial charge in [-0.05, 0) is 72.9 Å². The van der Waals surface area contributed by atoms with Crippen LogP contribution < -0.4 is 5.32 Å². The van der Waals surface area contributed by atoms with Crippen molar-refractivity contribution < 1.29 is 0 Å². The summed E-state index contributed by atoms with van der Waals surface area (Å²) >= 11 is 0. The Hall–Kier alpha value is -1.34. The van der Waals surface area contributed by atoms with Crippen molar-refractivity contribution in [2.45, 2.75) is 25.2 Å². The van der Waals surface area contributed by atoms with Gasteiger partial charge < -0.3 is 5.32 Å². The summed E-state index contributed by atoms with van der Waals surface area (Å²) in [4.78, 5) is 0. The molecule has 2 aliphatic rings. The zero-order valence-electron chi connectivity index (χ0n) is 12.2. The van der Waals surface area contributed by atoms with Crippen LogP contribution in [0.4, 0.5) is 0 Å². The highest BCUT2D eigenvalue weighted by molar-refractivity contribution is 5.83. The lowest BCUT2D eigenvalue weighted by Crippen LogP contribution is -2.29. The summed E-state index contributed by atoms with van der Waals surface area (Å²) in [6.07, 6.45) is 4.37. The normalized spacial score (nSPS) is 32.0. The highest BCUT2D eigenvalue weighted by Gasteiger charge is 2.47. The molecular formula is C19H23N. The Morgan fingerprint density at radius 3 is 2.65 bits per heavy atom. The van der Waals surface area contributed by atoms with Crippen molar-refractivity contribution in [3.63, 3.8) is 0 Å². The molecule has 0 spiro atoms. The molecule has 4 rings (SSSR count). The fourth-order valence-electron chi connectivity index (χ4n) is 4.87. The summed E-state index contributed by atoms with van der Waals surface area (Å²) < 4.78 is 0. The van der Waals surface area contributed by atoms with E-state index in [1.54, 1.807) is 5.56 Å². The van der Waals surface area contributed by atoms with Gasteiger partial charge in [-0.3, -0.25) is 0 Å². The Kier molecular flexibility index (Phi) is 3.03. The van der Waals surface area contributed by atoms with Gasteiger partial charge in [0, 0.05) is 0 Å². The van der Waals surface area contributed by atoms with Crippen molar-refractivity contribution in [2.75, 3.05) is 13.6 Å². The van der Waals surface area contributed by atoms with Crippen LogP contribution in [0.3, 0.4) is 0 Å². The minimum atomic E-state index is 0.783. The quantitative estimate of drug-likeness (QED) is 0.877. The molecule has 2 fully saturated rings. The van der Waals surface area contributed by atoms with E-state index in [1.807, 2.05) is 0 Å². The average molecular weight is 265 g/mol. The third-order valence-electron chi connectivity index (χ3n) is 5.69. The van der Waals surface area contributed by atoms with E-state index in [1.165, 1.54) is 36.6 Å². The van der Waals surface area contributed by atoms with E-state index < -0.39 is 0 Å². The van der Waals surface area contributed by atoms with Gasteiger partial charge in [-0.25, -0.2) is 0 Å². The van der Waals surface area contributed by atoms with E-state index in [9.17, 15) is 0 Å². The summed E-state index contributed by atoms with van der Waals surface area (Å²) in [6, 6.07) is 15.9. The molecule has 0 aromatic heterocycles. The van der Waals surface area contributed by atoms with Crippen LogP contribution in [0.5, 0.6) is 0 Å². The van der Waals surface area contributed by atoms with Gasteiger partial charge in [0.1, 0.15) is 0 Å². The predicted octanol–water partition coefficient (Wildman–Crippen LogP) is 4.19. The van der Waals surface area contributed by atoms with Crippen LogP contribution in [-0.2, 0) is 0 Å². The van der Waals surface area contributed by atoms with E-state index in [4.69, 9.17) is 0 Å². The van der Waals surface area contributed by atoms with Crippen molar-refractivity contribution in [1.82, 2.24) is 5.32 Å². The van der Waals surface area contributed by atoms with Crippen molar-refractivity contribution in [3.05, 3.63) is 48.0 Å². The summed E-state index contributed by atoms with van der Waals surface area (Å²) in [5, 5.41) is 6.20. The van der Waals surface area contributed by atoms with Crippen LogP contribution in [0.15, 0.2) is 42.5 Å². The van der Waals surface area contributed by atoms with Gasteiger partial charge in [-0.15, -0.1) is 0 Å². The predicted molar refractivity (Wildman–Crippen MR) is 84.9 cm³/mol. The molecule has 4 atom stereocenters. The summed E-state index contributed by atoms with van der Waals surface area (Å²) in [6.45, 7) is 1.18. The topological polar surface area (TPSA) is 12.0 Å². The van der Waals surface area contributed by atoms with Crippen molar-refractivity contribution >= 4 is 10.8 Å². The van der Waals surface area contributed by atoms with Crippen LogP contribution in [-0.4, -0.2) is 13.6 Å². The maximum atomic E-state index is 3.43. The highest BCUT2D eigenvalue weighted by atomic mass is 14.8. The first-order valence-corrected chi connectivity index (χ1v) is 8.00. The van der Waals surface area contributed by atoms with E-state index >= 15 is 0 Å². The van der Waals surface area contributed by atoms with E-state index in [0.717, 1.165) is 23.7 Å². The minimum Gasteiger partial charge on any atom is -0.319 e. The van der Waals surface area contributed by atoms with Gasteiger partial charge in [-0.2, -0.15) is 0 Å². The molecule has 1 nitrogen and oxygen atoms in total. The molecule has 0 aliphatic heterocycles. The first kappa shape index (κ1) is 12.4. The molecule has 2 aliphatic carbocycles. The fraction of sp³-hybridized carbons (Fsp3) is 0.474. The number of hydrogen-bond acceptors (Lipinski definition) is 1. The molecule has 1 heteroatoms. The average Bonchev–Trinajstić information content (AvgIpc) is 3.08. The zero-order chi connectivity index (χ0) is 13.5. The molecule has 2 saturated carbocycles. The second-order valence-corrected chi connectivity index (χ2v) is 6.69. The van der Waals surface area contributed by atoms with Crippen LogP contribution >= 0.6 is 0 Å². The van der Waals surface area contributed by atoms with Crippen LogP contribution in [0, 0.1) is 17.8 Å². The number of hydrogen-bond donors (Lipinski definition) is 1. The number of benzene rings is 2. The smallest absolute Gasteiger partial charge is 0.00149 e. The maximum Gasteiger partial charge on any atom is -0.00149 e. The molecule has 2 aromatic carbocycles. The summed E-state index contributed by atoms with van der Waals surface area (Å²) in [5.74, 6) is 3.52. The molecule has 2 bridgehead atoms. The van der Waals surface area contributed by atoms with Gasteiger partial charge in [0.2, 0.25) is 0 Å². The highest BCUT2D eigenvalue weighted by Crippen LogP contribution is 2.56. The third kappa shape index (κ3) is 1.88. The Morgan fingerprint density at radius 1 is 1.00 bits per heavy atom. The van der Waals surface area contributed by atoms with Crippen molar-refractivity contribution in [2.24, 2.45) is 17.8 Å². The maximum absolute atomic E-state index is 3.43. The zero-order valence-corrected chi connectivity index (χ0v) is 12.2. The molecule has 0 saturated heterocycles. The van der Waals surface area contributed by atoms with Gasteiger partial charge in [0.15, 0.2) is 0 Å². The lowest BCUT2D eigenvalue weighted by atomic mass is 9.75. The second-order valence-electron chi connectivity index (χ2n) is 6.69. The van der Waals surface area contributed by atoms with E-state index in [2.05, 4.69) is 54.8 Å². The standard InChI is InChI=1S/C19H23N/c1-20-12-18-15-7-9-17(11-15)19(18)16-8-6-13-4-2-3-5-14(13)10-16/h2-6,8,10,15,17-20H,7,9,11-12H2,1H3/t15-,17+,18-,19-/m1/s1. The monoisotopic (exact) mass is 265 g/mol.